The van der Waals surface area contributed by atoms with Crippen molar-refractivity contribution < 1.29 is 0 Å². The highest BCUT2D eigenvalue weighted by Gasteiger charge is 2.23. The Morgan fingerprint density at radius 2 is 2.07 bits per heavy atom. The summed E-state index contributed by atoms with van der Waals surface area (Å²) < 4.78 is 0. The van der Waals surface area contributed by atoms with Crippen molar-refractivity contribution in [1.29, 1.82) is 5.41 Å². The zero-order chi connectivity index (χ0) is 11.4. The molecule has 0 aromatic carbocycles. The Morgan fingerprint density at radius 1 is 1.40 bits per heavy atom. The Labute approximate surface area is 91.0 Å². The SMILES string of the molecule is CC1CCCC(N(C)/C(N)=N/C(=N)N)C1. The third kappa shape index (κ3) is 3.42. The molecule has 1 aliphatic carbocycles. The van der Waals surface area contributed by atoms with Crippen LogP contribution in [0.5, 0.6) is 0 Å². The highest BCUT2D eigenvalue weighted by Crippen LogP contribution is 2.26. The van der Waals surface area contributed by atoms with Crippen molar-refractivity contribution in [3.05, 3.63) is 0 Å². The van der Waals surface area contributed by atoms with Crippen LogP contribution in [0.2, 0.25) is 0 Å². The van der Waals surface area contributed by atoms with Gasteiger partial charge in [0.25, 0.3) is 0 Å². The molecule has 2 unspecified atom stereocenters. The van der Waals surface area contributed by atoms with Crippen LogP contribution in [0.3, 0.4) is 0 Å². The molecule has 0 radical (unpaired) electrons. The highest BCUT2D eigenvalue weighted by atomic mass is 15.3. The van der Waals surface area contributed by atoms with E-state index in [0.29, 0.717) is 12.0 Å². The molecule has 0 bridgehead atoms. The Kier molecular flexibility index (Phi) is 3.94. The first-order valence-electron chi connectivity index (χ1n) is 5.41. The van der Waals surface area contributed by atoms with Crippen molar-refractivity contribution in [3.63, 3.8) is 0 Å². The first-order valence-corrected chi connectivity index (χ1v) is 5.41. The van der Waals surface area contributed by atoms with Crippen LogP contribution in [0.15, 0.2) is 4.99 Å². The van der Waals surface area contributed by atoms with Gasteiger partial charge in [-0.1, -0.05) is 19.8 Å². The molecule has 0 heterocycles. The maximum atomic E-state index is 7.06. The van der Waals surface area contributed by atoms with Crippen molar-refractivity contribution >= 4 is 11.9 Å². The smallest absolute Gasteiger partial charge is 0.215 e. The Balaban J connectivity index is 2.58. The molecule has 1 aliphatic rings. The molecule has 15 heavy (non-hydrogen) atoms. The summed E-state index contributed by atoms with van der Waals surface area (Å²) in [6, 6.07) is 0.442. The van der Waals surface area contributed by atoms with Crippen molar-refractivity contribution in [1.82, 2.24) is 4.90 Å². The van der Waals surface area contributed by atoms with E-state index in [1.165, 1.54) is 12.8 Å². The van der Waals surface area contributed by atoms with Crippen LogP contribution < -0.4 is 11.5 Å². The first-order chi connectivity index (χ1) is 7.00. The molecule has 5 nitrogen and oxygen atoms in total. The maximum Gasteiger partial charge on any atom is 0.215 e. The molecule has 1 fully saturated rings. The van der Waals surface area contributed by atoms with E-state index in [1.54, 1.807) is 0 Å². The number of aliphatic imine (C=N–C) groups is 1. The molecule has 5 N–H and O–H groups in total. The second-order valence-corrected chi connectivity index (χ2v) is 4.39. The average Bonchev–Trinajstić information content (AvgIpc) is 2.15. The zero-order valence-corrected chi connectivity index (χ0v) is 9.53. The third-order valence-corrected chi connectivity index (χ3v) is 3.05. The van der Waals surface area contributed by atoms with E-state index in [-0.39, 0.29) is 5.96 Å². The summed E-state index contributed by atoms with van der Waals surface area (Å²) in [5.74, 6) is 0.862. The lowest BCUT2D eigenvalue weighted by atomic mass is 9.86. The molecule has 0 spiro atoms. The van der Waals surface area contributed by atoms with Gasteiger partial charge >= 0.3 is 0 Å². The Morgan fingerprint density at radius 3 is 2.60 bits per heavy atom. The summed E-state index contributed by atoms with van der Waals surface area (Å²) in [6.07, 6.45) is 4.83. The largest absolute Gasteiger partial charge is 0.369 e. The summed E-state index contributed by atoms with van der Waals surface area (Å²) in [5, 5.41) is 7.06. The van der Waals surface area contributed by atoms with E-state index in [4.69, 9.17) is 16.9 Å². The van der Waals surface area contributed by atoms with Crippen LogP contribution in [0.25, 0.3) is 0 Å². The maximum absolute atomic E-state index is 7.06. The summed E-state index contributed by atoms with van der Waals surface area (Å²) >= 11 is 0. The Hall–Kier alpha value is -1.26. The highest BCUT2D eigenvalue weighted by molar-refractivity contribution is 5.91. The molecule has 0 aliphatic heterocycles. The van der Waals surface area contributed by atoms with E-state index in [1.807, 2.05) is 11.9 Å². The molecular weight excluding hydrogens is 190 g/mol. The molecule has 1 saturated carbocycles. The van der Waals surface area contributed by atoms with Crippen LogP contribution in [0.4, 0.5) is 0 Å². The molecule has 0 saturated heterocycles. The normalized spacial score (nSPS) is 27.5. The van der Waals surface area contributed by atoms with Crippen LogP contribution in [0.1, 0.15) is 32.6 Å². The van der Waals surface area contributed by atoms with Gasteiger partial charge in [0.15, 0.2) is 5.96 Å². The number of rotatable bonds is 1. The minimum absolute atomic E-state index is 0.233. The van der Waals surface area contributed by atoms with Crippen LogP contribution in [-0.2, 0) is 0 Å². The number of nitrogens with zero attached hydrogens (tertiary/aromatic N) is 2. The van der Waals surface area contributed by atoms with Gasteiger partial charge in [-0.15, -0.1) is 0 Å². The molecule has 0 amide bonds. The van der Waals surface area contributed by atoms with Gasteiger partial charge in [-0.05, 0) is 18.8 Å². The van der Waals surface area contributed by atoms with Gasteiger partial charge in [0.1, 0.15) is 0 Å². The summed E-state index contributed by atoms with van der Waals surface area (Å²) in [6.45, 7) is 2.26. The third-order valence-electron chi connectivity index (χ3n) is 3.05. The van der Waals surface area contributed by atoms with Gasteiger partial charge in [0, 0.05) is 13.1 Å². The molecule has 0 aromatic rings. The predicted molar refractivity (Wildman–Crippen MR) is 62.7 cm³/mol. The average molecular weight is 211 g/mol. The number of nitrogens with one attached hydrogen (secondary N) is 1. The van der Waals surface area contributed by atoms with Crippen LogP contribution >= 0.6 is 0 Å². The minimum atomic E-state index is -0.233. The summed E-state index contributed by atoms with van der Waals surface area (Å²) in [4.78, 5) is 5.70. The van der Waals surface area contributed by atoms with Crippen molar-refractivity contribution in [3.8, 4) is 0 Å². The van der Waals surface area contributed by atoms with E-state index in [0.717, 1.165) is 18.8 Å². The first kappa shape index (κ1) is 11.8. The molecule has 86 valence electrons. The van der Waals surface area contributed by atoms with E-state index in [2.05, 4.69) is 11.9 Å². The second-order valence-electron chi connectivity index (χ2n) is 4.39. The quantitative estimate of drug-likeness (QED) is 0.440. The summed E-state index contributed by atoms with van der Waals surface area (Å²) in [7, 11) is 1.92. The van der Waals surface area contributed by atoms with E-state index in [9.17, 15) is 0 Å². The standard InChI is InChI=1S/C10H21N5/c1-7-4-3-5-8(6-7)15(2)10(13)14-9(11)12/h7-8H,3-6H2,1-2H3,(H5,11,12,13,14). The second kappa shape index (κ2) is 5.00. The van der Waals surface area contributed by atoms with Crippen molar-refractivity contribution in [2.24, 2.45) is 22.4 Å². The fraction of sp³-hybridized carbons (Fsp3) is 0.800. The van der Waals surface area contributed by atoms with Gasteiger partial charge in [-0.2, -0.15) is 4.99 Å². The zero-order valence-electron chi connectivity index (χ0n) is 9.53. The lowest BCUT2D eigenvalue weighted by molar-refractivity contribution is 0.230. The monoisotopic (exact) mass is 211 g/mol. The lowest BCUT2D eigenvalue weighted by Crippen LogP contribution is -2.44. The fourth-order valence-corrected chi connectivity index (χ4v) is 2.14. The summed E-state index contributed by atoms with van der Waals surface area (Å²) in [5.41, 5.74) is 10.9. The van der Waals surface area contributed by atoms with Gasteiger partial charge in [-0.3, -0.25) is 5.41 Å². The van der Waals surface area contributed by atoms with Crippen molar-refractivity contribution in [2.45, 2.75) is 38.6 Å². The minimum Gasteiger partial charge on any atom is -0.369 e. The van der Waals surface area contributed by atoms with Crippen LogP contribution in [0, 0.1) is 11.3 Å². The number of hydrogen-bond acceptors (Lipinski definition) is 1. The van der Waals surface area contributed by atoms with E-state index < -0.39 is 0 Å². The number of guanidine groups is 2. The van der Waals surface area contributed by atoms with Crippen molar-refractivity contribution in [2.75, 3.05) is 7.05 Å². The van der Waals surface area contributed by atoms with Gasteiger partial charge in [0.2, 0.25) is 5.96 Å². The lowest BCUT2D eigenvalue weighted by Gasteiger charge is -2.34. The van der Waals surface area contributed by atoms with Gasteiger partial charge < -0.3 is 16.4 Å². The molecule has 5 heteroatoms. The molecule has 1 rings (SSSR count). The Bertz CT molecular complexity index is 261. The molecule has 2 atom stereocenters. The molecular formula is C10H21N5. The molecule has 0 aromatic heterocycles. The van der Waals surface area contributed by atoms with Gasteiger partial charge in [0.05, 0.1) is 0 Å². The van der Waals surface area contributed by atoms with E-state index >= 15 is 0 Å². The number of nitrogens with two attached hydrogens (primary N) is 2. The van der Waals surface area contributed by atoms with Crippen LogP contribution in [-0.4, -0.2) is 29.9 Å². The predicted octanol–water partition coefficient (Wildman–Crippen LogP) is 0.705. The topological polar surface area (TPSA) is 91.5 Å². The fourth-order valence-electron chi connectivity index (χ4n) is 2.14. The number of hydrogen-bond donors (Lipinski definition) is 3. The van der Waals surface area contributed by atoms with Gasteiger partial charge in [-0.25, -0.2) is 0 Å².